The summed E-state index contributed by atoms with van der Waals surface area (Å²) in [5, 5.41) is 2.37. The van der Waals surface area contributed by atoms with Crippen molar-refractivity contribution in [3.05, 3.63) is 65.7 Å². The minimum Gasteiger partial charge on any atom is -0.324 e. The van der Waals surface area contributed by atoms with Crippen molar-refractivity contribution < 1.29 is 18.0 Å². The summed E-state index contributed by atoms with van der Waals surface area (Å²) in [5.41, 5.74) is -0.0157. The number of para-hydroxylation sites is 1. The van der Waals surface area contributed by atoms with Gasteiger partial charge in [-0.1, -0.05) is 49.4 Å². The van der Waals surface area contributed by atoms with Gasteiger partial charge in [0.1, 0.15) is 0 Å². The number of likely N-dealkylation sites (N-methyl/N-ethyl adjacent to an activating group) is 1. The van der Waals surface area contributed by atoms with Crippen LogP contribution in [0.25, 0.3) is 0 Å². The summed E-state index contributed by atoms with van der Waals surface area (Å²) in [6.07, 6.45) is -4.50. The maximum atomic E-state index is 13.0. The fourth-order valence-electron chi connectivity index (χ4n) is 2.35. The standard InChI is InChI=1S/C18H19F3N2O/c1-2-23(12-14-8-4-3-5-9-14)13-17(24)22-16-11-7-6-10-15(16)18(19,20)21/h3-11H,2,12-13H2,1H3,(H,22,24). The van der Waals surface area contributed by atoms with Crippen LogP contribution in [0.5, 0.6) is 0 Å². The summed E-state index contributed by atoms with van der Waals surface area (Å²) in [7, 11) is 0. The van der Waals surface area contributed by atoms with Gasteiger partial charge in [-0.05, 0) is 24.2 Å². The average Bonchev–Trinajstić information content (AvgIpc) is 2.54. The van der Waals surface area contributed by atoms with Crippen LogP contribution in [0.3, 0.4) is 0 Å². The zero-order valence-corrected chi connectivity index (χ0v) is 13.3. The molecule has 2 aromatic carbocycles. The van der Waals surface area contributed by atoms with E-state index in [1.54, 1.807) is 0 Å². The third-order valence-corrected chi connectivity index (χ3v) is 3.57. The van der Waals surface area contributed by atoms with E-state index in [9.17, 15) is 18.0 Å². The molecule has 128 valence electrons. The van der Waals surface area contributed by atoms with Gasteiger partial charge in [-0.2, -0.15) is 13.2 Å². The number of nitrogens with one attached hydrogen (secondary N) is 1. The van der Waals surface area contributed by atoms with Gasteiger partial charge in [-0.3, -0.25) is 9.69 Å². The first-order valence-corrected chi connectivity index (χ1v) is 7.62. The van der Waals surface area contributed by atoms with E-state index in [1.165, 1.54) is 18.2 Å². The van der Waals surface area contributed by atoms with Crippen molar-refractivity contribution in [2.45, 2.75) is 19.6 Å². The maximum absolute atomic E-state index is 13.0. The molecule has 0 atom stereocenters. The number of carbonyl (C=O) groups excluding carboxylic acids is 1. The summed E-state index contributed by atoms with van der Waals surface area (Å²) < 4.78 is 38.9. The first-order valence-electron chi connectivity index (χ1n) is 7.62. The fourth-order valence-corrected chi connectivity index (χ4v) is 2.35. The first kappa shape index (κ1) is 18.0. The lowest BCUT2D eigenvalue weighted by Gasteiger charge is -2.20. The molecule has 1 amide bonds. The summed E-state index contributed by atoms with van der Waals surface area (Å²) in [5.74, 6) is -0.468. The number of anilines is 1. The Hall–Kier alpha value is -2.34. The van der Waals surface area contributed by atoms with E-state index in [-0.39, 0.29) is 12.2 Å². The third kappa shape index (κ3) is 5.09. The topological polar surface area (TPSA) is 32.3 Å². The predicted octanol–water partition coefficient (Wildman–Crippen LogP) is 4.17. The minimum absolute atomic E-state index is 0.0254. The van der Waals surface area contributed by atoms with Crippen LogP contribution in [0.4, 0.5) is 18.9 Å². The van der Waals surface area contributed by atoms with Gasteiger partial charge in [0, 0.05) is 6.54 Å². The molecule has 0 saturated heterocycles. The van der Waals surface area contributed by atoms with Gasteiger partial charge < -0.3 is 5.32 Å². The molecule has 0 unspecified atom stereocenters. The van der Waals surface area contributed by atoms with Crippen molar-refractivity contribution in [2.75, 3.05) is 18.4 Å². The Morgan fingerprint density at radius 3 is 2.29 bits per heavy atom. The van der Waals surface area contributed by atoms with Gasteiger partial charge in [0.2, 0.25) is 5.91 Å². The molecule has 6 heteroatoms. The van der Waals surface area contributed by atoms with E-state index in [2.05, 4.69) is 5.32 Å². The Bertz CT molecular complexity index is 671. The molecular weight excluding hydrogens is 317 g/mol. The molecule has 2 aromatic rings. The molecule has 0 heterocycles. The number of nitrogens with zero attached hydrogens (tertiary/aromatic N) is 1. The van der Waals surface area contributed by atoms with Crippen LogP contribution in [-0.4, -0.2) is 23.9 Å². The highest BCUT2D eigenvalue weighted by Crippen LogP contribution is 2.34. The van der Waals surface area contributed by atoms with Crippen molar-refractivity contribution >= 4 is 11.6 Å². The van der Waals surface area contributed by atoms with E-state index in [4.69, 9.17) is 0 Å². The summed E-state index contributed by atoms with van der Waals surface area (Å²) >= 11 is 0. The van der Waals surface area contributed by atoms with Crippen LogP contribution in [-0.2, 0) is 17.5 Å². The van der Waals surface area contributed by atoms with Gasteiger partial charge >= 0.3 is 6.18 Å². The molecule has 0 fully saturated rings. The lowest BCUT2D eigenvalue weighted by atomic mass is 10.1. The van der Waals surface area contributed by atoms with Crippen LogP contribution in [0, 0.1) is 0 Å². The summed E-state index contributed by atoms with van der Waals surface area (Å²) in [6, 6.07) is 14.6. The molecule has 0 aromatic heterocycles. The highest BCUT2D eigenvalue weighted by molar-refractivity contribution is 5.93. The highest BCUT2D eigenvalue weighted by Gasteiger charge is 2.33. The van der Waals surface area contributed by atoms with Crippen molar-refractivity contribution in [1.82, 2.24) is 4.90 Å². The smallest absolute Gasteiger partial charge is 0.324 e. The van der Waals surface area contributed by atoms with Crippen molar-refractivity contribution in [2.24, 2.45) is 0 Å². The number of alkyl halides is 3. The van der Waals surface area contributed by atoms with Gasteiger partial charge in [-0.15, -0.1) is 0 Å². The first-order chi connectivity index (χ1) is 11.4. The van der Waals surface area contributed by atoms with Crippen LogP contribution in [0.2, 0.25) is 0 Å². The van der Waals surface area contributed by atoms with Crippen LogP contribution in [0.15, 0.2) is 54.6 Å². The molecule has 3 nitrogen and oxygen atoms in total. The number of halogens is 3. The SMILES string of the molecule is CCN(CC(=O)Nc1ccccc1C(F)(F)F)Cc1ccccc1. The normalized spacial score (nSPS) is 11.5. The molecule has 1 N–H and O–H groups in total. The van der Waals surface area contributed by atoms with E-state index < -0.39 is 17.6 Å². The Morgan fingerprint density at radius 2 is 1.67 bits per heavy atom. The van der Waals surface area contributed by atoms with Gasteiger partial charge in [-0.25, -0.2) is 0 Å². The average molecular weight is 336 g/mol. The molecule has 0 radical (unpaired) electrons. The zero-order valence-electron chi connectivity index (χ0n) is 13.3. The number of amides is 1. The second-order valence-electron chi connectivity index (χ2n) is 5.38. The molecule has 0 aliphatic carbocycles. The number of rotatable bonds is 6. The third-order valence-electron chi connectivity index (χ3n) is 3.57. The van der Waals surface area contributed by atoms with Crippen LogP contribution < -0.4 is 5.32 Å². The monoisotopic (exact) mass is 336 g/mol. The largest absolute Gasteiger partial charge is 0.418 e. The molecule has 0 bridgehead atoms. The number of hydrogen-bond donors (Lipinski definition) is 1. The Balaban J connectivity index is 2.02. The van der Waals surface area contributed by atoms with E-state index in [0.29, 0.717) is 13.1 Å². The van der Waals surface area contributed by atoms with Crippen molar-refractivity contribution in [3.8, 4) is 0 Å². The second-order valence-corrected chi connectivity index (χ2v) is 5.38. The molecule has 0 spiro atoms. The van der Waals surface area contributed by atoms with Crippen LogP contribution in [0.1, 0.15) is 18.1 Å². The molecule has 24 heavy (non-hydrogen) atoms. The van der Waals surface area contributed by atoms with E-state index >= 15 is 0 Å². The quantitative estimate of drug-likeness (QED) is 0.859. The molecular formula is C18H19F3N2O. The fraction of sp³-hybridized carbons (Fsp3) is 0.278. The molecule has 0 aliphatic heterocycles. The van der Waals surface area contributed by atoms with E-state index in [0.717, 1.165) is 11.6 Å². The van der Waals surface area contributed by atoms with Crippen molar-refractivity contribution in [3.63, 3.8) is 0 Å². The van der Waals surface area contributed by atoms with Gasteiger partial charge in [0.25, 0.3) is 0 Å². The Kier molecular flexibility index (Phi) is 5.98. The lowest BCUT2D eigenvalue weighted by molar-refractivity contribution is -0.137. The number of carbonyl (C=O) groups is 1. The summed E-state index contributed by atoms with van der Waals surface area (Å²) in [4.78, 5) is 14.0. The maximum Gasteiger partial charge on any atom is 0.418 e. The Labute approximate surface area is 139 Å². The zero-order chi connectivity index (χ0) is 17.6. The van der Waals surface area contributed by atoms with E-state index in [1.807, 2.05) is 42.2 Å². The molecule has 0 aliphatic rings. The Morgan fingerprint density at radius 1 is 1.04 bits per heavy atom. The summed E-state index contributed by atoms with van der Waals surface area (Å²) in [6.45, 7) is 3.10. The van der Waals surface area contributed by atoms with Gasteiger partial charge in [0.05, 0.1) is 17.8 Å². The lowest BCUT2D eigenvalue weighted by Crippen LogP contribution is -2.33. The number of hydrogen-bond acceptors (Lipinski definition) is 2. The van der Waals surface area contributed by atoms with Gasteiger partial charge in [0.15, 0.2) is 0 Å². The molecule has 0 saturated carbocycles. The minimum atomic E-state index is -4.50. The number of benzene rings is 2. The predicted molar refractivity (Wildman–Crippen MR) is 87.5 cm³/mol. The van der Waals surface area contributed by atoms with Crippen LogP contribution >= 0.6 is 0 Å². The highest BCUT2D eigenvalue weighted by atomic mass is 19.4. The second kappa shape index (κ2) is 7.97. The van der Waals surface area contributed by atoms with Crippen molar-refractivity contribution in [1.29, 1.82) is 0 Å². The molecule has 2 rings (SSSR count).